The summed E-state index contributed by atoms with van der Waals surface area (Å²) >= 11 is 0. The molecule has 4 heteroatoms. The van der Waals surface area contributed by atoms with Gasteiger partial charge in [0.25, 0.3) is 0 Å². The van der Waals surface area contributed by atoms with Crippen molar-refractivity contribution in [2.24, 2.45) is 0 Å². The van der Waals surface area contributed by atoms with Crippen LogP contribution in [0.4, 0.5) is 0 Å². The van der Waals surface area contributed by atoms with E-state index >= 15 is 0 Å². The Hall–Kier alpha value is -6.08. The van der Waals surface area contributed by atoms with Crippen LogP contribution in [-0.4, -0.2) is 0 Å². The zero-order chi connectivity index (χ0) is 45.2. The fourth-order valence-corrected chi connectivity index (χ4v) is 15.3. The third-order valence-electron chi connectivity index (χ3n) is 12.4. The summed E-state index contributed by atoms with van der Waals surface area (Å²) in [7, 11) is -2.28. The van der Waals surface area contributed by atoms with Crippen molar-refractivity contribution >= 4 is 90.8 Å². The molecule has 11 aromatic rings. The molecule has 0 nitrogen and oxygen atoms in total. The molecule has 0 N–H and O–H groups in total. The summed E-state index contributed by atoms with van der Waals surface area (Å²) in [5.41, 5.74) is 4.33. The van der Waals surface area contributed by atoms with Gasteiger partial charge in [-0.15, -0.1) is 11.1 Å². The summed E-state index contributed by atoms with van der Waals surface area (Å²) in [6, 6.07) is 86.3. The molecule has 0 saturated carbocycles. The Morgan fingerprint density at radius 3 is 0.676 bits per heavy atom. The van der Waals surface area contributed by atoms with Gasteiger partial charge in [0.05, 0.1) is 0 Å². The SMILES string of the molecule is [Ag+].[Ag+].[C-]#Cc1c2ccccc2c(C)c2ccccc12.[C-]#Cc1c2ccccc2c(C)c2ccccc12.c1ccc([PH+](c2ccccc2)c2ccccc2[PH+](c2ccccc2)c2ccccc2)cc1. The van der Waals surface area contributed by atoms with E-state index in [-0.39, 0.29) is 44.8 Å². The van der Waals surface area contributed by atoms with Gasteiger partial charge in [-0.1, -0.05) is 204 Å². The Morgan fingerprint density at radius 1 is 0.265 bits per heavy atom. The fourth-order valence-electron chi connectivity index (χ4n) is 9.26. The molecule has 0 aliphatic heterocycles. The molecule has 0 saturated heterocycles. The summed E-state index contributed by atoms with van der Waals surface area (Å²) in [5.74, 6) is 5.18. The summed E-state index contributed by atoms with van der Waals surface area (Å²) in [4.78, 5) is 0. The van der Waals surface area contributed by atoms with Crippen LogP contribution in [0.1, 0.15) is 22.3 Å². The monoisotopic (exact) mass is 1090 g/mol. The van der Waals surface area contributed by atoms with Gasteiger partial charge < -0.3 is 12.8 Å². The van der Waals surface area contributed by atoms with E-state index in [1.807, 2.05) is 48.5 Å². The van der Waals surface area contributed by atoms with E-state index < -0.39 is 15.8 Å². The number of hydrogen-bond donors (Lipinski definition) is 0. The summed E-state index contributed by atoms with van der Waals surface area (Å²) in [6.45, 7) is 4.27. The van der Waals surface area contributed by atoms with E-state index in [0.717, 1.165) is 32.7 Å². The van der Waals surface area contributed by atoms with E-state index in [9.17, 15) is 0 Å². The zero-order valence-corrected chi connectivity index (χ0v) is 42.7. The van der Waals surface area contributed by atoms with Crippen LogP contribution in [0.15, 0.2) is 243 Å². The number of aryl methyl sites for hydroxylation is 2. The second kappa shape index (κ2) is 23.8. The maximum atomic E-state index is 7.53. The van der Waals surface area contributed by atoms with E-state index in [0.29, 0.717) is 0 Å². The predicted molar refractivity (Wildman–Crippen MR) is 291 cm³/mol. The topological polar surface area (TPSA) is 0 Å². The Morgan fingerprint density at radius 2 is 0.456 bits per heavy atom. The van der Waals surface area contributed by atoms with Crippen LogP contribution in [0.3, 0.4) is 0 Å². The van der Waals surface area contributed by atoms with Crippen molar-refractivity contribution < 1.29 is 44.8 Å². The van der Waals surface area contributed by atoms with Gasteiger partial charge in [0.15, 0.2) is 0 Å². The Bertz CT molecular complexity index is 3090. The number of benzene rings is 11. The third-order valence-corrected chi connectivity index (χ3v) is 18.2. The standard InChI is InChI=1S/C30H24P2.2C17H11.2Ag/c1-5-15-25(16-6-1)31(26-17-7-2-8-18-26)29-23-13-14-24-30(29)32(27-19-9-3-10-20-27)28-21-11-4-12-22-28;2*1-3-13-16-10-6-4-8-14(16)12(2)15-9-5-7-11-17(13)15;;/h1-24H;2*4-11H,2H3;;/q;2*-1;2*+1/p+2. The number of hydrogen-bond acceptors (Lipinski definition) is 0. The molecule has 0 unspecified atom stereocenters. The number of rotatable bonds is 6. The average Bonchev–Trinajstić information content (AvgIpc) is 3.39. The van der Waals surface area contributed by atoms with Crippen molar-refractivity contribution in [1.82, 2.24) is 0 Å². The molecule has 68 heavy (non-hydrogen) atoms. The average molecular weight is 1090 g/mol. The predicted octanol–water partition coefficient (Wildman–Crippen LogP) is 13.1. The van der Waals surface area contributed by atoms with Crippen LogP contribution in [0.25, 0.3) is 43.1 Å². The molecular formula is C64H48Ag2P2+2. The first kappa shape index (κ1) is 49.8. The van der Waals surface area contributed by atoms with Crippen molar-refractivity contribution in [3.8, 4) is 11.8 Å². The van der Waals surface area contributed by atoms with Gasteiger partial charge in [-0.3, -0.25) is 11.8 Å². The molecule has 0 bridgehead atoms. The van der Waals surface area contributed by atoms with Gasteiger partial charge in [0.2, 0.25) is 0 Å². The minimum atomic E-state index is -1.14. The van der Waals surface area contributed by atoms with Crippen molar-refractivity contribution in [2.75, 3.05) is 0 Å². The maximum Gasteiger partial charge on any atom is 1.00 e. The smallest absolute Gasteiger partial charge is 0.366 e. The molecule has 0 amide bonds. The molecule has 0 heterocycles. The Balaban J connectivity index is 0.000000161. The minimum absolute atomic E-state index is 0. The van der Waals surface area contributed by atoms with Crippen LogP contribution in [-0.2, 0) is 44.8 Å². The van der Waals surface area contributed by atoms with Crippen molar-refractivity contribution in [3.63, 3.8) is 0 Å². The fraction of sp³-hybridized carbons (Fsp3) is 0.0312. The van der Waals surface area contributed by atoms with Crippen LogP contribution >= 0.6 is 15.8 Å². The van der Waals surface area contributed by atoms with Crippen LogP contribution < -0.4 is 31.8 Å². The summed E-state index contributed by atoms with van der Waals surface area (Å²) < 4.78 is 0. The molecule has 0 aliphatic carbocycles. The van der Waals surface area contributed by atoms with Crippen molar-refractivity contribution in [1.29, 1.82) is 0 Å². The normalized spacial score (nSPS) is 10.5. The van der Waals surface area contributed by atoms with Crippen molar-refractivity contribution in [2.45, 2.75) is 13.8 Å². The second-order valence-electron chi connectivity index (χ2n) is 16.2. The van der Waals surface area contributed by atoms with Gasteiger partial charge in [0.1, 0.15) is 47.7 Å². The molecule has 0 spiro atoms. The molecule has 0 aromatic heterocycles. The minimum Gasteiger partial charge on any atom is -0.366 e. The van der Waals surface area contributed by atoms with Crippen LogP contribution in [0.2, 0.25) is 0 Å². The largest absolute Gasteiger partial charge is 1.00 e. The molecule has 0 fully saturated rings. The number of fused-ring (bicyclic) bond motifs is 4. The molecule has 334 valence electrons. The third kappa shape index (κ3) is 10.5. The first-order chi connectivity index (χ1) is 32.6. The van der Waals surface area contributed by atoms with E-state index in [1.165, 1.54) is 64.5 Å². The van der Waals surface area contributed by atoms with Crippen molar-refractivity contribution in [3.05, 3.63) is 278 Å². The van der Waals surface area contributed by atoms with E-state index in [2.05, 4.69) is 220 Å². The van der Waals surface area contributed by atoms with E-state index in [1.54, 1.807) is 0 Å². The van der Waals surface area contributed by atoms with Gasteiger partial charge in [0, 0.05) is 0 Å². The van der Waals surface area contributed by atoms with Gasteiger partial charge >= 0.3 is 44.8 Å². The van der Waals surface area contributed by atoms with Gasteiger partial charge in [-0.2, -0.15) is 0 Å². The summed E-state index contributed by atoms with van der Waals surface area (Å²) in [6.07, 6.45) is 15.1. The summed E-state index contributed by atoms with van der Waals surface area (Å²) in [5, 5.41) is 18.0. The first-order valence-electron chi connectivity index (χ1n) is 22.3. The Kier molecular flexibility index (Phi) is 17.4. The Labute approximate surface area is 435 Å². The molecular weight excluding hydrogens is 1050 g/mol. The quantitative estimate of drug-likeness (QED) is 0.0512. The maximum absolute atomic E-state index is 7.53. The van der Waals surface area contributed by atoms with Crippen LogP contribution in [0, 0.1) is 38.5 Å². The molecule has 11 aromatic carbocycles. The molecule has 0 atom stereocenters. The van der Waals surface area contributed by atoms with Gasteiger partial charge in [-0.05, 0) is 107 Å². The van der Waals surface area contributed by atoms with Gasteiger partial charge in [-0.25, -0.2) is 0 Å². The molecule has 11 rings (SSSR count). The first-order valence-corrected chi connectivity index (χ1v) is 25.3. The molecule has 0 radical (unpaired) electrons. The van der Waals surface area contributed by atoms with Crippen LogP contribution in [0.5, 0.6) is 0 Å². The second-order valence-corrected chi connectivity index (χ2v) is 21.1. The molecule has 0 aliphatic rings. The van der Waals surface area contributed by atoms with E-state index in [4.69, 9.17) is 12.8 Å². The zero-order valence-electron chi connectivity index (χ0n) is 37.7.